The van der Waals surface area contributed by atoms with Crippen molar-refractivity contribution in [2.24, 2.45) is 0 Å². The molecule has 0 aromatic heterocycles. The van der Waals surface area contributed by atoms with E-state index in [0.717, 1.165) is 18.7 Å². The highest BCUT2D eigenvalue weighted by molar-refractivity contribution is 5.86. The molecule has 1 aliphatic rings. The van der Waals surface area contributed by atoms with Crippen LogP contribution in [-0.4, -0.2) is 36.6 Å². The number of benzene rings is 1. The van der Waals surface area contributed by atoms with Crippen LogP contribution in [0.2, 0.25) is 0 Å². The topological polar surface area (TPSA) is 29.5 Å². The summed E-state index contributed by atoms with van der Waals surface area (Å²) in [6, 6.07) is 3.54. The van der Waals surface area contributed by atoms with Crippen LogP contribution in [0.25, 0.3) is 0 Å². The number of ether oxygens (including phenoxy) is 1. The number of likely N-dealkylation sites (N-methyl/N-ethyl adjacent to an activating group) is 1. The van der Waals surface area contributed by atoms with E-state index in [9.17, 15) is 13.6 Å². The van der Waals surface area contributed by atoms with Crippen LogP contribution in [0.5, 0.6) is 0 Å². The van der Waals surface area contributed by atoms with E-state index >= 15 is 0 Å². The van der Waals surface area contributed by atoms with Gasteiger partial charge >= 0.3 is 5.97 Å². The lowest BCUT2D eigenvalue weighted by Gasteiger charge is -2.54. The second-order valence-corrected chi connectivity index (χ2v) is 5.06. The van der Waals surface area contributed by atoms with Crippen molar-refractivity contribution in [1.29, 1.82) is 0 Å². The molecule has 0 aliphatic carbocycles. The summed E-state index contributed by atoms with van der Waals surface area (Å²) >= 11 is 0. The van der Waals surface area contributed by atoms with Gasteiger partial charge < -0.3 is 4.74 Å². The van der Waals surface area contributed by atoms with E-state index < -0.39 is 17.0 Å². The third-order valence-electron chi connectivity index (χ3n) is 4.19. The second-order valence-electron chi connectivity index (χ2n) is 5.06. The molecule has 0 N–H and O–H groups in total. The smallest absolute Gasteiger partial charge is 0.319 e. The van der Waals surface area contributed by atoms with E-state index in [2.05, 4.69) is 4.90 Å². The number of halogens is 2. The summed E-state index contributed by atoms with van der Waals surface area (Å²) in [7, 11) is 0. The maximum Gasteiger partial charge on any atom is 0.319 e. The molecule has 1 saturated heterocycles. The van der Waals surface area contributed by atoms with Crippen LogP contribution in [0.3, 0.4) is 0 Å². The normalized spacial score (nSPS) is 26.1. The standard InChI is InChI=1S/C15H19F2NO2/c1-4-18-9-15(10(18)3,14(19)20-5-2)11-6-7-12(16)13(17)8-11/h6-8,10H,4-5,9H2,1-3H3. The molecule has 20 heavy (non-hydrogen) atoms. The van der Waals surface area contributed by atoms with E-state index in [0.29, 0.717) is 12.1 Å². The van der Waals surface area contributed by atoms with Crippen LogP contribution < -0.4 is 0 Å². The molecule has 1 aliphatic heterocycles. The minimum Gasteiger partial charge on any atom is -0.465 e. The van der Waals surface area contributed by atoms with Crippen molar-refractivity contribution < 1.29 is 18.3 Å². The average molecular weight is 283 g/mol. The molecule has 2 atom stereocenters. The first-order valence-corrected chi connectivity index (χ1v) is 6.84. The van der Waals surface area contributed by atoms with Gasteiger partial charge in [0.15, 0.2) is 11.6 Å². The number of nitrogens with zero attached hydrogens (tertiary/aromatic N) is 1. The fraction of sp³-hybridized carbons (Fsp3) is 0.533. The Hall–Kier alpha value is -1.49. The van der Waals surface area contributed by atoms with Gasteiger partial charge in [-0.05, 0) is 38.1 Å². The monoisotopic (exact) mass is 283 g/mol. The van der Waals surface area contributed by atoms with Crippen LogP contribution in [0.4, 0.5) is 8.78 Å². The van der Waals surface area contributed by atoms with Crippen molar-refractivity contribution in [3.8, 4) is 0 Å². The van der Waals surface area contributed by atoms with Crippen molar-refractivity contribution in [2.45, 2.75) is 32.2 Å². The minimum atomic E-state index is -0.937. The van der Waals surface area contributed by atoms with E-state index in [1.54, 1.807) is 6.92 Å². The Balaban J connectivity index is 2.42. The van der Waals surface area contributed by atoms with Crippen LogP contribution in [-0.2, 0) is 14.9 Å². The van der Waals surface area contributed by atoms with E-state index in [-0.39, 0.29) is 18.6 Å². The number of carbonyl (C=O) groups excluding carboxylic acids is 1. The van der Waals surface area contributed by atoms with Gasteiger partial charge in [-0.2, -0.15) is 0 Å². The molecule has 1 aromatic rings. The SMILES string of the molecule is CCOC(=O)C1(c2ccc(F)c(F)c2)CN(CC)C1C. The van der Waals surface area contributed by atoms with E-state index in [4.69, 9.17) is 4.74 Å². The molecule has 0 saturated carbocycles. The Kier molecular flexibility index (Phi) is 4.09. The van der Waals surface area contributed by atoms with E-state index in [1.807, 2.05) is 13.8 Å². The summed E-state index contributed by atoms with van der Waals surface area (Å²) in [6.45, 7) is 7.17. The maximum absolute atomic E-state index is 13.5. The van der Waals surface area contributed by atoms with Gasteiger partial charge in [0.2, 0.25) is 0 Å². The first kappa shape index (κ1) is 14.9. The third kappa shape index (κ3) is 2.10. The Bertz CT molecular complexity index is 521. The molecule has 1 heterocycles. The van der Waals surface area contributed by atoms with Gasteiger partial charge in [-0.25, -0.2) is 8.78 Å². The minimum absolute atomic E-state index is 0.101. The zero-order valence-electron chi connectivity index (χ0n) is 12.0. The Morgan fingerprint density at radius 2 is 2.10 bits per heavy atom. The lowest BCUT2D eigenvalue weighted by molar-refractivity contribution is -0.163. The maximum atomic E-state index is 13.5. The van der Waals surface area contributed by atoms with Gasteiger partial charge in [0.25, 0.3) is 0 Å². The van der Waals surface area contributed by atoms with Crippen molar-refractivity contribution in [1.82, 2.24) is 4.90 Å². The van der Waals surface area contributed by atoms with Gasteiger partial charge in [0.1, 0.15) is 5.41 Å². The van der Waals surface area contributed by atoms with Crippen LogP contribution in [0.15, 0.2) is 18.2 Å². The quantitative estimate of drug-likeness (QED) is 0.795. The highest BCUT2D eigenvalue weighted by Crippen LogP contribution is 2.42. The first-order chi connectivity index (χ1) is 9.47. The fourth-order valence-electron chi connectivity index (χ4n) is 2.89. The van der Waals surface area contributed by atoms with Gasteiger partial charge in [0, 0.05) is 12.6 Å². The summed E-state index contributed by atoms with van der Waals surface area (Å²) in [5.41, 5.74) is -0.423. The highest BCUT2D eigenvalue weighted by atomic mass is 19.2. The molecule has 1 fully saturated rings. The molecule has 2 rings (SSSR count). The van der Waals surface area contributed by atoms with Gasteiger partial charge in [0.05, 0.1) is 6.61 Å². The van der Waals surface area contributed by atoms with Gasteiger partial charge in [-0.1, -0.05) is 13.0 Å². The molecular formula is C15H19F2NO2. The van der Waals surface area contributed by atoms with Crippen molar-refractivity contribution in [3.63, 3.8) is 0 Å². The fourth-order valence-corrected chi connectivity index (χ4v) is 2.89. The third-order valence-corrected chi connectivity index (χ3v) is 4.19. The van der Waals surface area contributed by atoms with E-state index in [1.165, 1.54) is 6.07 Å². The number of carbonyl (C=O) groups is 1. The predicted molar refractivity (Wildman–Crippen MR) is 71.4 cm³/mol. The predicted octanol–water partition coefficient (Wildman–Crippen LogP) is 2.49. The highest BCUT2D eigenvalue weighted by Gasteiger charge is 2.57. The molecule has 0 spiro atoms. The molecule has 1 aromatic carbocycles. The summed E-state index contributed by atoms with van der Waals surface area (Å²) in [4.78, 5) is 14.4. The Morgan fingerprint density at radius 1 is 1.40 bits per heavy atom. The zero-order valence-corrected chi connectivity index (χ0v) is 12.0. The molecule has 3 nitrogen and oxygen atoms in total. The molecule has 110 valence electrons. The number of hydrogen-bond acceptors (Lipinski definition) is 3. The summed E-state index contributed by atoms with van der Waals surface area (Å²) < 4.78 is 31.7. The van der Waals surface area contributed by atoms with Gasteiger partial charge in [-0.3, -0.25) is 9.69 Å². The zero-order chi connectivity index (χ0) is 14.9. The molecule has 0 bridgehead atoms. The molecule has 5 heteroatoms. The number of esters is 1. The van der Waals surface area contributed by atoms with Crippen molar-refractivity contribution in [3.05, 3.63) is 35.4 Å². The van der Waals surface area contributed by atoms with Crippen LogP contribution >= 0.6 is 0 Å². The average Bonchev–Trinajstić information content (AvgIpc) is 2.42. The molecule has 0 amide bonds. The summed E-state index contributed by atoms with van der Waals surface area (Å²) in [6.07, 6.45) is 0. The van der Waals surface area contributed by atoms with Gasteiger partial charge in [-0.15, -0.1) is 0 Å². The summed E-state index contributed by atoms with van der Waals surface area (Å²) in [5.74, 6) is -2.22. The lowest BCUT2D eigenvalue weighted by Crippen LogP contribution is -2.69. The molecule has 0 radical (unpaired) electrons. The second kappa shape index (κ2) is 5.48. The molecular weight excluding hydrogens is 264 g/mol. The number of likely N-dealkylation sites (tertiary alicyclic amines) is 1. The largest absolute Gasteiger partial charge is 0.465 e. The first-order valence-electron chi connectivity index (χ1n) is 6.84. The Morgan fingerprint density at radius 3 is 2.60 bits per heavy atom. The van der Waals surface area contributed by atoms with Crippen LogP contribution in [0.1, 0.15) is 26.3 Å². The molecule has 2 unspecified atom stereocenters. The number of rotatable bonds is 4. The summed E-state index contributed by atoms with van der Waals surface area (Å²) in [5, 5.41) is 0. The van der Waals surface area contributed by atoms with Crippen LogP contribution in [0, 0.1) is 11.6 Å². The Labute approximate surface area is 117 Å². The van der Waals surface area contributed by atoms with Crippen molar-refractivity contribution in [2.75, 3.05) is 19.7 Å². The lowest BCUT2D eigenvalue weighted by atomic mass is 9.67. The van der Waals surface area contributed by atoms with Crippen molar-refractivity contribution >= 4 is 5.97 Å². The number of hydrogen-bond donors (Lipinski definition) is 0.